The van der Waals surface area contributed by atoms with Crippen LogP contribution in [0.5, 0.6) is 0 Å². The van der Waals surface area contributed by atoms with Gasteiger partial charge in [0.1, 0.15) is 23.9 Å². The van der Waals surface area contributed by atoms with Crippen molar-refractivity contribution in [3.8, 4) is 0 Å². The van der Waals surface area contributed by atoms with Gasteiger partial charge in [0.25, 0.3) is 0 Å². The van der Waals surface area contributed by atoms with Crippen LogP contribution in [0.25, 0.3) is 0 Å². The summed E-state index contributed by atoms with van der Waals surface area (Å²) in [6, 6.07) is 14.5. The average molecular weight is 850 g/mol. The van der Waals surface area contributed by atoms with E-state index in [-0.39, 0.29) is 29.7 Å². The van der Waals surface area contributed by atoms with Gasteiger partial charge in [0.2, 0.25) is 5.91 Å². The van der Waals surface area contributed by atoms with Crippen molar-refractivity contribution in [1.29, 1.82) is 0 Å². The van der Waals surface area contributed by atoms with E-state index in [1.165, 1.54) is 39.8 Å². The zero-order valence-electron chi connectivity index (χ0n) is 35.4. The van der Waals surface area contributed by atoms with Crippen LogP contribution < -0.4 is 5.32 Å². The van der Waals surface area contributed by atoms with E-state index in [9.17, 15) is 44.4 Å². The highest BCUT2D eigenvalue weighted by Crippen LogP contribution is 2.64. The number of ether oxygens (including phenoxy) is 5. The normalized spacial score (nSPS) is 33.3. The zero-order valence-corrected chi connectivity index (χ0v) is 35.4. The molecular formula is C45H55NO15. The fraction of sp³-hybridized carbons (Fsp3) is 0.556. The second kappa shape index (κ2) is 16.7. The highest BCUT2D eigenvalue weighted by Gasteiger charge is 2.78. The fourth-order valence-corrected chi connectivity index (χ4v) is 9.87. The van der Waals surface area contributed by atoms with Gasteiger partial charge in [-0.15, -0.1) is 0 Å². The van der Waals surface area contributed by atoms with Crippen molar-refractivity contribution in [2.45, 2.75) is 128 Å². The van der Waals surface area contributed by atoms with E-state index >= 15 is 4.79 Å². The van der Waals surface area contributed by atoms with Crippen LogP contribution >= 0.6 is 0 Å². The van der Waals surface area contributed by atoms with Crippen LogP contribution in [0.4, 0.5) is 0 Å². The number of hydrogen-bond acceptors (Lipinski definition) is 15. The maximum atomic E-state index is 15.5. The van der Waals surface area contributed by atoms with Crippen molar-refractivity contribution in [3.05, 3.63) is 82.9 Å². The first-order valence-electron chi connectivity index (χ1n) is 20.3. The van der Waals surface area contributed by atoms with Crippen molar-refractivity contribution in [1.82, 2.24) is 5.32 Å². The Hall–Kier alpha value is -5.00. The summed E-state index contributed by atoms with van der Waals surface area (Å²) in [4.78, 5) is 83.0. The molecule has 16 heteroatoms. The van der Waals surface area contributed by atoms with E-state index in [4.69, 9.17) is 23.7 Å². The first kappa shape index (κ1) is 45.5. The Kier molecular flexibility index (Phi) is 12.5. The average Bonchev–Trinajstić information content (AvgIpc) is 3.20. The van der Waals surface area contributed by atoms with Gasteiger partial charge in [-0.3, -0.25) is 19.2 Å². The number of hydrogen-bond donors (Lipinski definition) is 5. The molecule has 0 radical (unpaired) electrons. The lowest BCUT2D eigenvalue weighted by Crippen LogP contribution is -2.82. The highest BCUT2D eigenvalue weighted by molar-refractivity contribution is 5.95. The van der Waals surface area contributed by atoms with Gasteiger partial charge in [0.05, 0.1) is 47.7 Å². The Balaban J connectivity index is 1.54. The number of fused-ring (bicyclic) bond motifs is 5. The molecule has 4 aliphatic rings. The summed E-state index contributed by atoms with van der Waals surface area (Å²) in [5.41, 5.74) is -7.41. The maximum Gasteiger partial charge on any atom is 0.338 e. The summed E-state index contributed by atoms with van der Waals surface area (Å²) in [5.74, 6) is -7.95. The molecule has 2 aromatic carbocycles. The molecule has 6 rings (SSSR count). The van der Waals surface area contributed by atoms with E-state index in [0.717, 1.165) is 13.8 Å². The van der Waals surface area contributed by atoms with Crippen LogP contribution in [-0.2, 0) is 47.7 Å². The third-order valence-electron chi connectivity index (χ3n) is 13.6. The van der Waals surface area contributed by atoms with Crippen LogP contribution in [0.15, 0.2) is 71.8 Å². The van der Waals surface area contributed by atoms with Crippen molar-refractivity contribution < 1.29 is 72.9 Å². The molecule has 16 nitrogen and oxygen atoms in total. The molecule has 330 valence electrons. The first-order valence-corrected chi connectivity index (χ1v) is 20.3. The van der Waals surface area contributed by atoms with Crippen molar-refractivity contribution in [2.24, 2.45) is 22.7 Å². The van der Waals surface area contributed by atoms with Crippen LogP contribution in [0.2, 0.25) is 0 Å². The molecule has 3 fully saturated rings. The lowest BCUT2D eigenvalue weighted by atomic mass is 9.44. The highest BCUT2D eigenvalue weighted by atomic mass is 16.6. The summed E-state index contributed by atoms with van der Waals surface area (Å²) in [6.45, 7) is 10.8. The smallest absolute Gasteiger partial charge is 0.338 e. The molecule has 1 heterocycles. The number of aliphatic hydroxyl groups is 4. The number of esters is 4. The number of amides is 1. The van der Waals surface area contributed by atoms with Gasteiger partial charge >= 0.3 is 23.9 Å². The quantitative estimate of drug-likeness (QED) is 0.124. The van der Waals surface area contributed by atoms with E-state index in [2.05, 4.69) is 5.32 Å². The SMILES string of the molecule is CC(=O)O[C@H]1C(=O)[C@@]2(C)[C@H]([C@H](OC(=O)c3ccccc3)[C@]3(O)C[C@H](OC(=O)[C@H](O)[C@@H](NC(=O)C(C)C(C)O)c4ccccc4)C(C)=C1C3(C)C)[C@]1(OC(C)=O)CO[C@@H]1C[C@@H]2O. The number of benzene rings is 2. The molecule has 2 saturated carbocycles. The summed E-state index contributed by atoms with van der Waals surface area (Å²) in [6.07, 6.45) is -11.7. The Morgan fingerprint density at radius 3 is 2.03 bits per heavy atom. The minimum absolute atomic E-state index is 0.0198. The second-order valence-electron chi connectivity index (χ2n) is 17.6. The van der Waals surface area contributed by atoms with E-state index in [1.54, 1.807) is 62.4 Å². The van der Waals surface area contributed by atoms with Gasteiger partial charge in [-0.1, -0.05) is 69.3 Å². The van der Waals surface area contributed by atoms with Gasteiger partial charge in [-0.05, 0) is 49.6 Å². The molecule has 3 aliphatic carbocycles. The Bertz CT molecular complexity index is 2090. The molecular weight excluding hydrogens is 794 g/mol. The van der Waals surface area contributed by atoms with Gasteiger partial charge in [-0.2, -0.15) is 0 Å². The Labute approximate surface area is 353 Å². The fourth-order valence-electron chi connectivity index (χ4n) is 9.87. The molecule has 5 N–H and O–H groups in total. The van der Waals surface area contributed by atoms with E-state index in [1.807, 2.05) is 0 Å². The van der Waals surface area contributed by atoms with Crippen LogP contribution in [-0.4, -0.2) is 117 Å². The molecule has 1 aliphatic heterocycles. The maximum absolute atomic E-state index is 15.5. The summed E-state index contributed by atoms with van der Waals surface area (Å²) >= 11 is 0. The standard InChI is InChI=1S/C45H55NO15/c1-22(24(3)47)39(53)46-33(27-15-11-9-12-16-27)34(51)41(55)59-29-20-45(56)38(60-40(54)28-17-13-10-14-18-28)36-43(8,30(50)19-31-44(36,21-57-31)61-26(5)49)37(52)35(58-25(4)48)32(23(29)2)42(45,6)7/h9-18,22,24,29-31,33-36,38,47,50-51,56H,19-21H2,1-8H3,(H,46,53)/t22?,24?,29-,30-,31+,33-,34+,35+,36-,38-,43+,44-,45+/m0/s1. The molecule has 0 spiro atoms. The second-order valence-corrected chi connectivity index (χ2v) is 17.6. The van der Waals surface area contributed by atoms with Crippen molar-refractivity contribution >= 4 is 35.6 Å². The predicted molar refractivity (Wildman–Crippen MR) is 213 cm³/mol. The number of carbonyl (C=O) groups is 6. The summed E-state index contributed by atoms with van der Waals surface area (Å²) < 4.78 is 30.2. The van der Waals surface area contributed by atoms with Crippen LogP contribution in [0.3, 0.4) is 0 Å². The van der Waals surface area contributed by atoms with E-state index in [0.29, 0.717) is 5.56 Å². The van der Waals surface area contributed by atoms with Gasteiger partial charge in [-0.25, -0.2) is 9.59 Å². The van der Waals surface area contributed by atoms with E-state index < -0.39 is 125 Å². The van der Waals surface area contributed by atoms with Crippen molar-refractivity contribution in [3.63, 3.8) is 0 Å². The molecule has 2 bridgehead atoms. The number of ketones is 1. The number of nitrogens with one attached hydrogen (secondary N) is 1. The van der Waals surface area contributed by atoms with Crippen molar-refractivity contribution in [2.75, 3.05) is 6.61 Å². The summed E-state index contributed by atoms with van der Waals surface area (Å²) in [5, 5.41) is 50.1. The third kappa shape index (κ3) is 7.66. The number of Topliss-reactive ketones (excluding diaryl/α,β-unsaturated/α-hetero) is 1. The number of carbonyl (C=O) groups excluding carboxylic acids is 6. The van der Waals surface area contributed by atoms with Crippen LogP contribution in [0, 0.1) is 22.7 Å². The monoisotopic (exact) mass is 849 g/mol. The molecule has 13 atom stereocenters. The van der Waals surface area contributed by atoms with Gasteiger partial charge in [0, 0.05) is 32.1 Å². The molecule has 61 heavy (non-hydrogen) atoms. The minimum Gasteiger partial charge on any atom is -0.456 e. The number of aliphatic hydroxyl groups excluding tert-OH is 3. The molecule has 0 aromatic heterocycles. The summed E-state index contributed by atoms with van der Waals surface area (Å²) in [7, 11) is 0. The molecule has 2 aromatic rings. The first-order chi connectivity index (χ1) is 28.5. The lowest BCUT2D eigenvalue weighted by molar-refractivity contribution is -0.346. The Morgan fingerprint density at radius 2 is 1.49 bits per heavy atom. The Morgan fingerprint density at radius 1 is 0.885 bits per heavy atom. The molecule has 1 saturated heterocycles. The minimum atomic E-state index is -2.41. The number of rotatable bonds is 11. The van der Waals surface area contributed by atoms with Gasteiger partial charge < -0.3 is 49.4 Å². The third-order valence-corrected chi connectivity index (χ3v) is 13.6. The predicted octanol–water partition coefficient (Wildman–Crippen LogP) is 2.44. The molecule has 1 amide bonds. The topological polar surface area (TPSA) is 242 Å². The zero-order chi connectivity index (χ0) is 45.0. The molecule has 2 unspecified atom stereocenters. The van der Waals surface area contributed by atoms with Gasteiger partial charge in [0.15, 0.2) is 23.6 Å². The lowest BCUT2D eigenvalue weighted by Gasteiger charge is -2.67. The largest absolute Gasteiger partial charge is 0.456 e. The van der Waals surface area contributed by atoms with Crippen LogP contribution in [0.1, 0.15) is 90.2 Å².